The van der Waals surface area contributed by atoms with Crippen molar-refractivity contribution >= 4 is 16.7 Å². The average Bonchev–Trinajstić information content (AvgIpc) is 2.80. The van der Waals surface area contributed by atoms with E-state index in [-0.39, 0.29) is 0 Å². The van der Waals surface area contributed by atoms with Crippen molar-refractivity contribution in [3.05, 3.63) is 17.2 Å². The summed E-state index contributed by atoms with van der Waals surface area (Å²) in [5, 5.41) is 11.1. The predicted molar refractivity (Wildman–Crippen MR) is 68.5 cm³/mol. The lowest BCUT2D eigenvalue weighted by molar-refractivity contribution is 0.315. The van der Waals surface area contributed by atoms with E-state index in [1.54, 1.807) is 0 Å². The molecule has 0 radical (unpaired) electrons. The Morgan fingerprint density at radius 3 is 2.71 bits per heavy atom. The van der Waals surface area contributed by atoms with E-state index in [2.05, 4.69) is 40.6 Å². The van der Waals surface area contributed by atoms with Gasteiger partial charge in [-0.1, -0.05) is 0 Å². The van der Waals surface area contributed by atoms with Crippen LogP contribution in [0.4, 0.5) is 5.69 Å². The second kappa shape index (κ2) is 4.71. The largest absolute Gasteiger partial charge is 0.371 e. The molecule has 0 atom stereocenters. The molecular weight excluding hydrogens is 216 g/mol. The molecule has 1 heterocycles. The van der Waals surface area contributed by atoms with Gasteiger partial charge in [0.15, 0.2) is 5.52 Å². The van der Waals surface area contributed by atoms with Crippen molar-refractivity contribution in [1.82, 2.24) is 15.6 Å². The van der Waals surface area contributed by atoms with Crippen LogP contribution >= 0.6 is 0 Å². The number of hydrogen-bond donors (Lipinski definition) is 1. The van der Waals surface area contributed by atoms with Crippen molar-refractivity contribution in [1.29, 1.82) is 0 Å². The van der Waals surface area contributed by atoms with Crippen LogP contribution in [0.5, 0.6) is 0 Å². The number of anilines is 1. The molecule has 0 spiro atoms. The highest BCUT2D eigenvalue weighted by Gasteiger charge is 2.14. The molecule has 92 valence electrons. The Morgan fingerprint density at radius 2 is 2.00 bits per heavy atom. The third-order valence-corrected chi connectivity index (χ3v) is 3.14. The van der Waals surface area contributed by atoms with E-state index in [1.807, 2.05) is 14.0 Å². The van der Waals surface area contributed by atoms with Crippen LogP contribution in [0.25, 0.3) is 11.0 Å². The Hall–Kier alpha value is -1.62. The number of hydrogen-bond acceptors (Lipinski definition) is 5. The third kappa shape index (κ3) is 2.10. The van der Waals surface area contributed by atoms with Gasteiger partial charge in [0.05, 0.1) is 5.69 Å². The van der Waals surface area contributed by atoms with Gasteiger partial charge in [0.1, 0.15) is 5.52 Å². The lowest BCUT2D eigenvalue weighted by Gasteiger charge is -2.20. The summed E-state index contributed by atoms with van der Waals surface area (Å²) in [6.07, 6.45) is 0. The van der Waals surface area contributed by atoms with Crippen molar-refractivity contribution in [2.75, 3.05) is 32.1 Å². The molecule has 0 saturated heterocycles. The molecule has 5 heteroatoms. The average molecular weight is 234 g/mol. The summed E-state index contributed by atoms with van der Waals surface area (Å²) in [7, 11) is 4.00. The molecule has 0 amide bonds. The standard InChI is InChI=1S/C12H18N4O/c1-8-7-10(16(4)6-5-13-3)12-11(9(8)2)14-17-15-12/h7,13H,5-6H2,1-4H3. The third-order valence-electron chi connectivity index (χ3n) is 3.14. The monoisotopic (exact) mass is 234 g/mol. The number of nitrogens with zero attached hydrogens (tertiary/aromatic N) is 3. The summed E-state index contributed by atoms with van der Waals surface area (Å²) in [4.78, 5) is 2.16. The maximum Gasteiger partial charge on any atom is 0.158 e. The van der Waals surface area contributed by atoms with E-state index in [4.69, 9.17) is 4.63 Å². The van der Waals surface area contributed by atoms with Gasteiger partial charge in [-0.15, -0.1) is 0 Å². The summed E-state index contributed by atoms with van der Waals surface area (Å²) in [6.45, 7) is 5.97. The van der Waals surface area contributed by atoms with E-state index in [0.29, 0.717) is 0 Å². The summed E-state index contributed by atoms with van der Waals surface area (Å²) in [5.41, 5.74) is 5.11. The highest BCUT2D eigenvalue weighted by Crippen LogP contribution is 2.28. The molecule has 0 bridgehead atoms. The highest BCUT2D eigenvalue weighted by atomic mass is 16.6. The minimum atomic E-state index is 0.840. The molecule has 0 fully saturated rings. The predicted octanol–water partition coefficient (Wildman–Crippen LogP) is 1.50. The van der Waals surface area contributed by atoms with Crippen LogP contribution in [0.2, 0.25) is 0 Å². The van der Waals surface area contributed by atoms with Gasteiger partial charge in [-0.3, -0.25) is 0 Å². The quantitative estimate of drug-likeness (QED) is 0.868. The van der Waals surface area contributed by atoms with Crippen LogP contribution in [0, 0.1) is 13.8 Å². The normalized spacial score (nSPS) is 11.1. The molecule has 1 N–H and O–H groups in total. The molecule has 0 aliphatic carbocycles. The maximum atomic E-state index is 4.85. The number of likely N-dealkylation sites (N-methyl/N-ethyl adjacent to an activating group) is 2. The molecule has 17 heavy (non-hydrogen) atoms. The maximum absolute atomic E-state index is 4.85. The molecule has 0 aliphatic rings. The van der Waals surface area contributed by atoms with Crippen molar-refractivity contribution < 1.29 is 4.63 Å². The van der Waals surface area contributed by atoms with E-state index in [0.717, 1.165) is 35.4 Å². The zero-order valence-electron chi connectivity index (χ0n) is 10.7. The fourth-order valence-corrected chi connectivity index (χ4v) is 1.86. The Morgan fingerprint density at radius 1 is 1.29 bits per heavy atom. The molecule has 2 rings (SSSR count). The first kappa shape index (κ1) is 11.9. The van der Waals surface area contributed by atoms with Gasteiger partial charge < -0.3 is 10.2 Å². The molecule has 1 aromatic carbocycles. The second-order valence-electron chi connectivity index (χ2n) is 4.32. The van der Waals surface area contributed by atoms with Crippen molar-refractivity contribution in [3.63, 3.8) is 0 Å². The van der Waals surface area contributed by atoms with Crippen LogP contribution in [-0.2, 0) is 0 Å². The van der Waals surface area contributed by atoms with Crippen LogP contribution in [0.3, 0.4) is 0 Å². The number of aryl methyl sites for hydroxylation is 2. The molecule has 0 aliphatic heterocycles. The fourth-order valence-electron chi connectivity index (χ4n) is 1.86. The number of rotatable bonds is 4. The molecule has 0 unspecified atom stereocenters. The molecule has 5 nitrogen and oxygen atoms in total. The highest BCUT2D eigenvalue weighted by molar-refractivity contribution is 5.90. The molecule has 2 aromatic rings. The Kier molecular flexibility index (Phi) is 3.28. The first-order chi connectivity index (χ1) is 8.15. The number of fused-ring (bicyclic) bond motifs is 1. The second-order valence-corrected chi connectivity index (χ2v) is 4.32. The lowest BCUT2D eigenvalue weighted by atomic mass is 10.1. The van der Waals surface area contributed by atoms with E-state index in [9.17, 15) is 0 Å². The van der Waals surface area contributed by atoms with Gasteiger partial charge in [-0.25, -0.2) is 4.63 Å². The number of benzene rings is 1. The first-order valence-corrected chi connectivity index (χ1v) is 5.73. The topological polar surface area (TPSA) is 54.2 Å². The SMILES string of the molecule is CNCCN(C)c1cc(C)c(C)c2nonc12. The van der Waals surface area contributed by atoms with E-state index in [1.165, 1.54) is 5.56 Å². The van der Waals surface area contributed by atoms with Crippen LogP contribution < -0.4 is 10.2 Å². The number of nitrogens with one attached hydrogen (secondary N) is 1. The molecule has 0 saturated carbocycles. The van der Waals surface area contributed by atoms with Crippen LogP contribution in [0.1, 0.15) is 11.1 Å². The van der Waals surface area contributed by atoms with Crippen molar-refractivity contribution in [3.8, 4) is 0 Å². The Bertz CT molecular complexity index is 520. The number of aromatic nitrogens is 2. The smallest absolute Gasteiger partial charge is 0.158 e. The van der Waals surface area contributed by atoms with Gasteiger partial charge >= 0.3 is 0 Å². The van der Waals surface area contributed by atoms with E-state index < -0.39 is 0 Å². The molecule has 1 aromatic heterocycles. The van der Waals surface area contributed by atoms with Gasteiger partial charge in [0.25, 0.3) is 0 Å². The summed E-state index contributed by atoms with van der Waals surface area (Å²) in [6, 6.07) is 2.14. The zero-order chi connectivity index (χ0) is 12.4. The fraction of sp³-hybridized carbons (Fsp3) is 0.500. The Labute approximate surface area is 101 Å². The molecular formula is C12H18N4O. The van der Waals surface area contributed by atoms with Gasteiger partial charge in [-0.2, -0.15) is 0 Å². The van der Waals surface area contributed by atoms with E-state index >= 15 is 0 Å². The zero-order valence-corrected chi connectivity index (χ0v) is 10.7. The summed E-state index contributed by atoms with van der Waals surface area (Å²) in [5.74, 6) is 0. The van der Waals surface area contributed by atoms with Gasteiger partial charge in [-0.05, 0) is 48.4 Å². The summed E-state index contributed by atoms with van der Waals surface area (Å²) >= 11 is 0. The summed E-state index contributed by atoms with van der Waals surface area (Å²) < 4.78 is 4.85. The minimum Gasteiger partial charge on any atom is -0.371 e. The van der Waals surface area contributed by atoms with Crippen molar-refractivity contribution in [2.24, 2.45) is 0 Å². The van der Waals surface area contributed by atoms with Crippen molar-refractivity contribution in [2.45, 2.75) is 13.8 Å². The first-order valence-electron chi connectivity index (χ1n) is 5.73. The van der Waals surface area contributed by atoms with Gasteiger partial charge in [0, 0.05) is 20.1 Å². The van der Waals surface area contributed by atoms with Crippen LogP contribution in [-0.4, -0.2) is 37.5 Å². The Balaban J connectivity index is 2.46. The van der Waals surface area contributed by atoms with Crippen LogP contribution in [0.15, 0.2) is 10.7 Å². The minimum absolute atomic E-state index is 0.840. The van der Waals surface area contributed by atoms with Gasteiger partial charge in [0.2, 0.25) is 0 Å². The lowest BCUT2D eigenvalue weighted by Crippen LogP contribution is -2.27.